The van der Waals surface area contributed by atoms with Crippen LogP contribution in [0.2, 0.25) is 10.0 Å². The van der Waals surface area contributed by atoms with Gasteiger partial charge in [0.1, 0.15) is 5.69 Å². The van der Waals surface area contributed by atoms with Gasteiger partial charge < -0.3 is 5.32 Å². The first-order chi connectivity index (χ1) is 9.22. The lowest BCUT2D eigenvalue weighted by molar-refractivity contribution is 0.673. The molecule has 0 amide bonds. The minimum Gasteiger partial charge on any atom is -0.308 e. The van der Waals surface area contributed by atoms with Crippen molar-refractivity contribution in [3.8, 4) is 11.5 Å². The minimum absolute atomic E-state index is 0.458. The molecule has 1 N–H and O–H groups in total. The molecule has 0 atom stereocenters. The van der Waals surface area contributed by atoms with E-state index in [4.69, 9.17) is 23.2 Å². The first-order valence-electron chi connectivity index (χ1n) is 6.09. The molecule has 0 saturated heterocycles. The smallest absolute Gasteiger partial charge is 0.179 e. The fraction of sp³-hybridized carbons (Fsp3) is 0.308. The van der Waals surface area contributed by atoms with E-state index in [0.717, 1.165) is 12.2 Å². The van der Waals surface area contributed by atoms with E-state index < -0.39 is 0 Å². The molecule has 1 aliphatic carbocycles. The SMILES string of the molecule is Clc1cnc(-c2nccc(CNC3CC3)n2)c(Cl)c1. The molecular formula is C13H12Cl2N4. The molecule has 4 nitrogen and oxygen atoms in total. The zero-order valence-corrected chi connectivity index (χ0v) is 11.6. The van der Waals surface area contributed by atoms with E-state index >= 15 is 0 Å². The molecule has 0 spiro atoms. The van der Waals surface area contributed by atoms with Crippen LogP contribution < -0.4 is 5.32 Å². The van der Waals surface area contributed by atoms with Crippen LogP contribution in [0.25, 0.3) is 11.5 Å². The Morgan fingerprint density at radius 3 is 2.84 bits per heavy atom. The molecule has 2 heterocycles. The van der Waals surface area contributed by atoms with Crippen molar-refractivity contribution in [3.05, 3.63) is 40.3 Å². The van der Waals surface area contributed by atoms with Gasteiger partial charge in [-0.3, -0.25) is 0 Å². The highest BCUT2D eigenvalue weighted by Crippen LogP contribution is 2.25. The predicted molar refractivity (Wildman–Crippen MR) is 75.1 cm³/mol. The number of halogens is 2. The summed E-state index contributed by atoms with van der Waals surface area (Å²) in [7, 11) is 0. The summed E-state index contributed by atoms with van der Waals surface area (Å²) >= 11 is 11.9. The number of aromatic nitrogens is 3. The summed E-state index contributed by atoms with van der Waals surface area (Å²) in [6.07, 6.45) is 5.77. The lowest BCUT2D eigenvalue weighted by atomic mass is 10.3. The van der Waals surface area contributed by atoms with Crippen molar-refractivity contribution in [2.45, 2.75) is 25.4 Å². The van der Waals surface area contributed by atoms with E-state index in [1.807, 2.05) is 6.07 Å². The Labute approximate surface area is 121 Å². The third-order valence-electron chi connectivity index (χ3n) is 2.88. The highest BCUT2D eigenvalue weighted by Gasteiger charge is 2.20. The third-order valence-corrected chi connectivity index (χ3v) is 3.38. The van der Waals surface area contributed by atoms with Crippen LogP contribution >= 0.6 is 23.2 Å². The molecule has 3 rings (SSSR count). The minimum atomic E-state index is 0.458. The second-order valence-electron chi connectivity index (χ2n) is 4.51. The highest BCUT2D eigenvalue weighted by molar-refractivity contribution is 6.35. The fourth-order valence-corrected chi connectivity index (χ4v) is 2.19. The Hall–Kier alpha value is -1.23. The molecule has 0 aromatic carbocycles. The zero-order valence-electron chi connectivity index (χ0n) is 10.1. The van der Waals surface area contributed by atoms with Gasteiger partial charge in [0.05, 0.1) is 15.7 Å². The Morgan fingerprint density at radius 1 is 1.26 bits per heavy atom. The summed E-state index contributed by atoms with van der Waals surface area (Å²) in [5, 5.41) is 4.37. The Balaban J connectivity index is 1.84. The normalized spacial score (nSPS) is 14.6. The Morgan fingerprint density at radius 2 is 2.11 bits per heavy atom. The quantitative estimate of drug-likeness (QED) is 0.941. The molecule has 19 heavy (non-hydrogen) atoms. The molecule has 98 valence electrons. The summed E-state index contributed by atoms with van der Waals surface area (Å²) in [5.74, 6) is 0.525. The van der Waals surface area contributed by atoms with Crippen molar-refractivity contribution in [1.29, 1.82) is 0 Å². The molecule has 0 unspecified atom stereocenters. The molecule has 1 aliphatic rings. The van der Waals surface area contributed by atoms with Gasteiger partial charge in [0.2, 0.25) is 0 Å². The van der Waals surface area contributed by atoms with Crippen LogP contribution in [0.4, 0.5) is 0 Å². The van der Waals surface area contributed by atoms with Crippen molar-refractivity contribution in [3.63, 3.8) is 0 Å². The Kier molecular flexibility index (Phi) is 3.64. The maximum Gasteiger partial charge on any atom is 0.179 e. The van der Waals surface area contributed by atoms with Gasteiger partial charge in [0.15, 0.2) is 5.82 Å². The predicted octanol–water partition coefficient (Wildman–Crippen LogP) is 3.10. The van der Waals surface area contributed by atoms with Gasteiger partial charge in [-0.05, 0) is 25.0 Å². The summed E-state index contributed by atoms with van der Waals surface area (Å²) < 4.78 is 0. The van der Waals surface area contributed by atoms with Crippen molar-refractivity contribution in [2.24, 2.45) is 0 Å². The molecule has 0 radical (unpaired) electrons. The van der Waals surface area contributed by atoms with Crippen LogP contribution in [0.1, 0.15) is 18.5 Å². The Bertz CT molecular complexity index is 599. The number of hydrogen-bond acceptors (Lipinski definition) is 4. The van der Waals surface area contributed by atoms with Crippen LogP contribution in [0.15, 0.2) is 24.5 Å². The van der Waals surface area contributed by atoms with Crippen LogP contribution in [0.5, 0.6) is 0 Å². The van der Waals surface area contributed by atoms with E-state index in [0.29, 0.717) is 27.6 Å². The van der Waals surface area contributed by atoms with Crippen molar-refractivity contribution >= 4 is 23.2 Å². The molecule has 1 saturated carbocycles. The standard InChI is InChI=1S/C13H12Cl2N4/c14-8-5-11(15)12(18-6-8)13-16-4-3-10(19-13)7-17-9-1-2-9/h3-6,9,17H,1-2,7H2. The average Bonchev–Trinajstić information content (AvgIpc) is 3.21. The van der Waals surface area contributed by atoms with Gasteiger partial charge in [-0.25, -0.2) is 15.0 Å². The molecule has 6 heteroatoms. The molecule has 1 fully saturated rings. The molecule has 0 bridgehead atoms. The van der Waals surface area contributed by atoms with E-state index in [-0.39, 0.29) is 0 Å². The third kappa shape index (κ3) is 3.21. The molecular weight excluding hydrogens is 283 g/mol. The average molecular weight is 295 g/mol. The van der Waals surface area contributed by atoms with Gasteiger partial charge in [0.25, 0.3) is 0 Å². The monoisotopic (exact) mass is 294 g/mol. The molecule has 0 aliphatic heterocycles. The summed E-state index contributed by atoms with van der Waals surface area (Å²) in [5.41, 5.74) is 1.49. The topological polar surface area (TPSA) is 50.7 Å². The highest BCUT2D eigenvalue weighted by atomic mass is 35.5. The largest absolute Gasteiger partial charge is 0.308 e. The second-order valence-corrected chi connectivity index (χ2v) is 5.35. The van der Waals surface area contributed by atoms with Crippen molar-refractivity contribution < 1.29 is 0 Å². The van der Waals surface area contributed by atoms with Crippen molar-refractivity contribution in [1.82, 2.24) is 20.3 Å². The van der Waals surface area contributed by atoms with Gasteiger partial charge in [-0.15, -0.1) is 0 Å². The zero-order chi connectivity index (χ0) is 13.2. The van der Waals surface area contributed by atoms with E-state index in [1.54, 1.807) is 18.5 Å². The fourth-order valence-electron chi connectivity index (χ4n) is 1.72. The number of nitrogens with zero attached hydrogens (tertiary/aromatic N) is 3. The van der Waals surface area contributed by atoms with Crippen molar-refractivity contribution in [2.75, 3.05) is 0 Å². The van der Waals surface area contributed by atoms with Gasteiger partial charge in [-0.2, -0.15) is 0 Å². The lowest BCUT2D eigenvalue weighted by Crippen LogP contribution is -2.16. The van der Waals surface area contributed by atoms with Crippen LogP contribution in [0.3, 0.4) is 0 Å². The van der Waals surface area contributed by atoms with Crippen LogP contribution in [-0.4, -0.2) is 21.0 Å². The number of pyridine rings is 1. The first-order valence-corrected chi connectivity index (χ1v) is 6.85. The number of nitrogens with one attached hydrogen (secondary N) is 1. The van der Waals surface area contributed by atoms with Gasteiger partial charge in [-0.1, -0.05) is 23.2 Å². The van der Waals surface area contributed by atoms with E-state index in [1.165, 1.54) is 12.8 Å². The van der Waals surface area contributed by atoms with E-state index in [9.17, 15) is 0 Å². The number of hydrogen-bond donors (Lipinski definition) is 1. The van der Waals surface area contributed by atoms with Gasteiger partial charge in [0, 0.05) is 25.0 Å². The number of rotatable bonds is 4. The van der Waals surface area contributed by atoms with Crippen LogP contribution in [-0.2, 0) is 6.54 Å². The summed E-state index contributed by atoms with van der Waals surface area (Å²) in [6, 6.07) is 4.18. The molecule has 2 aromatic heterocycles. The molecule has 2 aromatic rings. The van der Waals surface area contributed by atoms with E-state index in [2.05, 4.69) is 20.3 Å². The lowest BCUT2D eigenvalue weighted by Gasteiger charge is -2.05. The first kappa shape index (κ1) is 12.8. The van der Waals surface area contributed by atoms with Gasteiger partial charge >= 0.3 is 0 Å². The summed E-state index contributed by atoms with van der Waals surface area (Å²) in [4.78, 5) is 12.9. The van der Waals surface area contributed by atoms with Crippen LogP contribution in [0, 0.1) is 0 Å². The maximum atomic E-state index is 6.11. The summed E-state index contributed by atoms with van der Waals surface area (Å²) in [6.45, 7) is 0.741. The second kappa shape index (κ2) is 5.41. The maximum absolute atomic E-state index is 6.11.